The van der Waals surface area contributed by atoms with Crippen LogP contribution in [-0.4, -0.2) is 23.4 Å². The first-order valence-corrected chi connectivity index (χ1v) is 7.67. The van der Waals surface area contributed by atoms with Crippen LogP contribution in [0, 0.1) is 5.92 Å². The number of hydrogen-bond acceptors (Lipinski definition) is 3. The molecule has 1 aliphatic carbocycles. The summed E-state index contributed by atoms with van der Waals surface area (Å²) in [5, 5.41) is 10.2. The highest BCUT2D eigenvalue weighted by molar-refractivity contribution is 5.50. The molecular formula is C17H24O3. The minimum Gasteiger partial charge on any atom is -0.487 e. The summed E-state index contributed by atoms with van der Waals surface area (Å²) in [4.78, 5) is 0. The normalized spacial score (nSPS) is 22.4. The number of aliphatic hydroxyl groups is 1. The smallest absolute Gasteiger partial charge is 0.165 e. The molecule has 3 rings (SSSR count). The molecule has 1 fully saturated rings. The lowest BCUT2D eigenvalue weighted by atomic mass is 10.0. The van der Waals surface area contributed by atoms with Gasteiger partial charge < -0.3 is 14.6 Å². The minimum absolute atomic E-state index is 0.161. The number of hydrogen-bond donors (Lipinski definition) is 1. The largest absolute Gasteiger partial charge is 0.487 e. The van der Waals surface area contributed by atoms with Gasteiger partial charge >= 0.3 is 0 Å². The average molecular weight is 276 g/mol. The van der Waals surface area contributed by atoms with Crippen LogP contribution in [0.2, 0.25) is 0 Å². The van der Waals surface area contributed by atoms with Crippen molar-refractivity contribution in [3.8, 4) is 11.5 Å². The highest BCUT2D eigenvalue weighted by Gasteiger charge is 2.32. The number of ether oxygens (including phenoxy) is 2. The van der Waals surface area contributed by atoms with Crippen LogP contribution in [-0.2, 0) is 6.42 Å². The van der Waals surface area contributed by atoms with E-state index in [0.717, 1.165) is 30.8 Å². The van der Waals surface area contributed by atoms with Gasteiger partial charge in [0.05, 0.1) is 6.10 Å². The number of benzene rings is 1. The predicted octanol–water partition coefficient (Wildman–Crippen LogP) is 3.33. The third-order valence-electron chi connectivity index (χ3n) is 4.41. The fraction of sp³-hybridized carbons (Fsp3) is 0.647. The second kappa shape index (κ2) is 5.28. The fourth-order valence-corrected chi connectivity index (χ4v) is 3.35. The lowest BCUT2D eigenvalue weighted by Crippen LogP contribution is -2.26. The van der Waals surface area contributed by atoms with Gasteiger partial charge in [-0.2, -0.15) is 0 Å². The zero-order valence-corrected chi connectivity index (χ0v) is 12.4. The Balaban J connectivity index is 1.65. The molecule has 2 aliphatic rings. The molecule has 0 radical (unpaired) electrons. The van der Waals surface area contributed by atoms with Crippen LogP contribution in [0.1, 0.15) is 45.1 Å². The highest BCUT2D eigenvalue weighted by Crippen LogP contribution is 2.42. The van der Waals surface area contributed by atoms with Crippen molar-refractivity contribution in [1.82, 2.24) is 0 Å². The Labute approximate surface area is 120 Å². The molecule has 1 aliphatic heterocycles. The zero-order valence-electron chi connectivity index (χ0n) is 12.4. The van der Waals surface area contributed by atoms with Crippen LogP contribution in [0.25, 0.3) is 0 Å². The highest BCUT2D eigenvalue weighted by atomic mass is 16.5. The molecule has 1 aromatic rings. The van der Waals surface area contributed by atoms with Gasteiger partial charge in [0.15, 0.2) is 11.5 Å². The molecule has 1 saturated carbocycles. The lowest BCUT2D eigenvalue weighted by molar-refractivity contribution is 0.0562. The van der Waals surface area contributed by atoms with Crippen LogP contribution < -0.4 is 9.47 Å². The molecule has 1 unspecified atom stereocenters. The number of para-hydroxylation sites is 1. The Morgan fingerprint density at radius 1 is 1.35 bits per heavy atom. The molecule has 0 amide bonds. The molecule has 0 saturated heterocycles. The van der Waals surface area contributed by atoms with Crippen LogP contribution in [0.15, 0.2) is 18.2 Å². The monoisotopic (exact) mass is 276 g/mol. The molecule has 20 heavy (non-hydrogen) atoms. The van der Waals surface area contributed by atoms with Gasteiger partial charge in [-0.1, -0.05) is 25.0 Å². The van der Waals surface area contributed by atoms with E-state index in [2.05, 4.69) is 19.9 Å². The zero-order chi connectivity index (χ0) is 14.2. The van der Waals surface area contributed by atoms with Gasteiger partial charge in [0.1, 0.15) is 12.2 Å². The summed E-state index contributed by atoms with van der Waals surface area (Å²) in [5.41, 5.74) is 1.04. The van der Waals surface area contributed by atoms with E-state index in [1.807, 2.05) is 12.1 Å². The van der Waals surface area contributed by atoms with Crippen molar-refractivity contribution in [2.45, 2.75) is 57.7 Å². The van der Waals surface area contributed by atoms with E-state index in [1.54, 1.807) is 0 Å². The second-order valence-electron chi connectivity index (χ2n) is 6.71. The fourth-order valence-electron chi connectivity index (χ4n) is 3.35. The van der Waals surface area contributed by atoms with Crippen LogP contribution in [0.4, 0.5) is 0 Å². The Morgan fingerprint density at radius 2 is 2.10 bits per heavy atom. The van der Waals surface area contributed by atoms with Crippen molar-refractivity contribution in [2.24, 2.45) is 5.92 Å². The van der Waals surface area contributed by atoms with E-state index in [1.165, 1.54) is 18.4 Å². The van der Waals surface area contributed by atoms with Gasteiger partial charge in [-0.15, -0.1) is 0 Å². The van der Waals surface area contributed by atoms with Crippen molar-refractivity contribution in [1.29, 1.82) is 0 Å². The maximum Gasteiger partial charge on any atom is 0.165 e. The third-order valence-corrected chi connectivity index (χ3v) is 4.41. The van der Waals surface area contributed by atoms with E-state index >= 15 is 0 Å². The standard InChI is InChI=1S/C17H24O3/c1-17(2)10-13-8-5-9-15(16(13)20-17)19-11-14(18)12-6-3-4-7-12/h5,8-9,12,14,18H,3-4,6-7,10-11H2,1-2H3. The molecule has 1 aromatic carbocycles. The number of aliphatic hydroxyl groups excluding tert-OH is 1. The second-order valence-corrected chi connectivity index (χ2v) is 6.71. The molecule has 1 heterocycles. The first-order chi connectivity index (χ1) is 9.55. The maximum atomic E-state index is 10.2. The molecule has 1 atom stereocenters. The summed E-state index contributed by atoms with van der Waals surface area (Å²) < 4.78 is 11.8. The van der Waals surface area contributed by atoms with Crippen LogP contribution >= 0.6 is 0 Å². The third kappa shape index (κ3) is 2.78. The summed E-state index contributed by atoms with van der Waals surface area (Å²) in [7, 11) is 0. The minimum atomic E-state index is -0.359. The van der Waals surface area contributed by atoms with Crippen molar-refractivity contribution in [3.05, 3.63) is 23.8 Å². The first-order valence-electron chi connectivity index (χ1n) is 7.67. The van der Waals surface area contributed by atoms with Crippen molar-refractivity contribution < 1.29 is 14.6 Å². The molecule has 0 bridgehead atoms. The van der Waals surface area contributed by atoms with Gasteiger partial charge in [-0.3, -0.25) is 0 Å². The summed E-state index contributed by atoms with van der Waals surface area (Å²) in [5.74, 6) is 2.03. The first kappa shape index (κ1) is 13.7. The number of rotatable bonds is 4. The topological polar surface area (TPSA) is 38.7 Å². The summed E-state index contributed by atoms with van der Waals surface area (Å²) in [6.45, 7) is 4.54. The lowest BCUT2D eigenvalue weighted by Gasteiger charge is -2.20. The molecule has 1 N–H and O–H groups in total. The van der Waals surface area contributed by atoms with Crippen molar-refractivity contribution in [2.75, 3.05) is 6.61 Å². The quantitative estimate of drug-likeness (QED) is 0.916. The van der Waals surface area contributed by atoms with Gasteiger partial charge in [-0.05, 0) is 38.7 Å². The van der Waals surface area contributed by atoms with Crippen LogP contribution in [0.5, 0.6) is 11.5 Å². The Bertz CT molecular complexity index is 475. The molecule has 3 heteroatoms. The van der Waals surface area contributed by atoms with E-state index in [-0.39, 0.29) is 11.7 Å². The Hall–Kier alpha value is -1.22. The predicted molar refractivity (Wildman–Crippen MR) is 78.3 cm³/mol. The number of fused-ring (bicyclic) bond motifs is 1. The van der Waals surface area contributed by atoms with E-state index in [4.69, 9.17) is 9.47 Å². The van der Waals surface area contributed by atoms with Gasteiger partial charge in [-0.25, -0.2) is 0 Å². The van der Waals surface area contributed by atoms with Crippen molar-refractivity contribution >= 4 is 0 Å². The van der Waals surface area contributed by atoms with E-state index < -0.39 is 0 Å². The van der Waals surface area contributed by atoms with Gasteiger partial charge in [0, 0.05) is 12.0 Å². The molecule has 0 spiro atoms. The average Bonchev–Trinajstić information content (AvgIpc) is 3.01. The summed E-state index contributed by atoms with van der Waals surface area (Å²) in [6.07, 6.45) is 5.27. The summed E-state index contributed by atoms with van der Waals surface area (Å²) in [6, 6.07) is 6.02. The molecule has 110 valence electrons. The van der Waals surface area contributed by atoms with E-state index in [9.17, 15) is 5.11 Å². The van der Waals surface area contributed by atoms with Gasteiger partial charge in [0.2, 0.25) is 0 Å². The Kier molecular flexibility index (Phi) is 3.63. The molecule has 3 nitrogen and oxygen atoms in total. The van der Waals surface area contributed by atoms with Gasteiger partial charge in [0.25, 0.3) is 0 Å². The Morgan fingerprint density at radius 3 is 2.85 bits per heavy atom. The summed E-state index contributed by atoms with van der Waals surface area (Å²) >= 11 is 0. The molecule has 0 aromatic heterocycles. The molecular weight excluding hydrogens is 252 g/mol. The van der Waals surface area contributed by atoms with E-state index in [0.29, 0.717) is 12.5 Å². The van der Waals surface area contributed by atoms with Crippen LogP contribution in [0.3, 0.4) is 0 Å². The maximum absolute atomic E-state index is 10.2. The SMILES string of the molecule is CC1(C)Cc2cccc(OCC(O)C3CCCC3)c2O1. The van der Waals surface area contributed by atoms with Crippen molar-refractivity contribution in [3.63, 3.8) is 0 Å².